The van der Waals surface area contributed by atoms with Gasteiger partial charge in [-0.1, -0.05) is 26.7 Å². The van der Waals surface area contributed by atoms with Crippen LogP contribution < -0.4 is 4.72 Å². The molecule has 3 nitrogen and oxygen atoms in total. The fourth-order valence-electron chi connectivity index (χ4n) is 2.19. The van der Waals surface area contributed by atoms with E-state index in [9.17, 15) is 8.42 Å². The van der Waals surface area contributed by atoms with Gasteiger partial charge in [-0.05, 0) is 31.6 Å². The maximum atomic E-state index is 11.6. The van der Waals surface area contributed by atoms with E-state index in [1.165, 1.54) is 6.42 Å². The summed E-state index contributed by atoms with van der Waals surface area (Å²) in [5.74, 6) is 1.02. The molecule has 0 aliphatic heterocycles. The molecular formula is C11H23NO2S. The first-order valence-electron chi connectivity index (χ1n) is 6.03. The van der Waals surface area contributed by atoms with Gasteiger partial charge in [0.05, 0.1) is 5.75 Å². The fraction of sp³-hybridized carbons (Fsp3) is 1.00. The molecule has 0 aromatic carbocycles. The Labute approximate surface area is 93.7 Å². The maximum absolute atomic E-state index is 11.6. The van der Waals surface area contributed by atoms with Gasteiger partial charge in [-0.3, -0.25) is 0 Å². The van der Waals surface area contributed by atoms with Crippen LogP contribution in [-0.2, 0) is 10.0 Å². The molecule has 1 saturated carbocycles. The second kappa shape index (κ2) is 5.85. The van der Waals surface area contributed by atoms with Crippen LogP contribution in [-0.4, -0.2) is 20.2 Å². The molecule has 0 saturated heterocycles. The maximum Gasteiger partial charge on any atom is 0.211 e. The highest BCUT2D eigenvalue weighted by atomic mass is 32.2. The Morgan fingerprint density at radius 3 is 2.60 bits per heavy atom. The normalized spacial score (nSPS) is 28.7. The van der Waals surface area contributed by atoms with E-state index in [2.05, 4.69) is 11.6 Å². The molecule has 0 aromatic rings. The largest absolute Gasteiger partial charge is 0.212 e. The summed E-state index contributed by atoms with van der Waals surface area (Å²) >= 11 is 0. The lowest BCUT2D eigenvalue weighted by Gasteiger charge is -2.16. The van der Waals surface area contributed by atoms with E-state index in [0.717, 1.165) is 31.6 Å². The van der Waals surface area contributed by atoms with Gasteiger partial charge in [-0.25, -0.2) is 13.1 Å². The van der Waals surface area contributed by atoms with Crippen LogP contribution in [0.4, 0.5) is 0 Å². The predicted molar refractivity (Wildman–Crippen MR) is 63.3 cm³/mol. The molecule has 1 aliphatic rings. The number of rotatable bonds is 4. The van der Waals surface area contributed by atoms with E-state index in [-0.39, 0.29) is 11.8 Å². The molecule has 1 fully saturated rings. The van der Waals surface area contributed by atoms with E-state index < -0.39 is 10.0 Å². The van der Waals surface area contributed by atoms with Gasteiger partial charge in [0.25, 0.3) is 0 Å². The van der Waals surface area contributed by atoms with E-state index in [0.29, 0.717) is 6.42 Å². The highest BCUT2D eigenvalue weighted by molar-refractivity contribution is 7.89. The van der Waals surface area contributed by atoms with Crippen LogP contribution in [0.25, 0.3) is 0 Å². The van der Waals surface area contributed by atoms with Crippen LogP contribution >= 0.6 is 0 Å². The molecule has 0 radical (unpaired) electrons. The van der Waals surface area contributed by atoms with E-state index in [1.54, 1.807) is 0 Å². The summed E-state index contributed by atoms with van der Waals surface area (Å²) in [6.07, 6.45) is 6.25. The second-order valence-electron chi connectivity index (χ2n) is 4.75. The zero-order chi connectivity index (χ0) is 11.3. The Bertz CT molecular complexity index is 274. The quantitative estimate of drug-likeness (QED) is 0.757. The first kappa shape index (κ1) is 13.0. The van der Waals surface area contributed by atoms with Crippen LogP contribution in [0.5, 0.6) is 0 Å². The Morgan fingerprint density at radius 1 is 1.20 bits per heavy atom. The molecule has 1 N–H and O–H groups in total. The molecule has 0 aromatic heterocycles. The molecule has 0 amide bonds. The molecule has 0 spiro atoms. The van der Waals surface area contributed by atoms with E-state index in [4.69, 9.17) is 0 Å². The molecule has 1 aliphatic carbocycles. The van der Waals surface area contributed by atoms with Crippen LogP contribution in [0.3, 0.4) is 0 Å². The zero-order valence-corrected chi connectivity index (χ0v) is 10.6. The Morgan fingerprint density at radius 2 is 1.93 bits per heavy atom. The summed E-state index contributed by atoms with van der Waals surface area (Å²) in [4.78, 5) is 0. The van der Waals surface area contributed by atoms with Crippen LogP contribution in [0.1, 0.15) is 52.4 Å². The van der Waals surface area contributed by atoms with Gasteiger partial charge >= 0.3 is 0 Å². The van der Waals surface area contributed by atoms with E-state index in [1.807, 2.05) is 6.92 Å². The SMILES string of the molecule is CCCS(=O)(=O)NC1CCCC(C)CC1. The number of hydrogen-bond donors (Lipinski definition) is 1. The van der Waals surface area contributed by atoms with Gasteiger partial charge in [0, 0.05) is 6.04 Å². The van der Waals surface area contributed by atoms with Gasteiger partial charge in [-0.2, -0.15) is 0 Å². The van der Waals surface area contributed by atoms with Gasteiger partial charge in [0.1, 0.15) is 0 Å². The van der Waals surface area contributed by atoms with Crippen molar-refractivity contribution < 1.29 is 8.42 Å². The van der Waals surface area contributed by atoms with Crippen molar-refractivity contribution in [3.63, 3.8) is 0 Å². The summed E-state index contributed by atoms with van der Waals surface area (Å²) in [5.41, 5.74) is 0. The lowest BCUT2D eigenvalue weighted by atomic mass is 10.0. The summed E-state index contributed by atoms with van der Waals surface area (Å²) in [6, 6.07) is 0.187. The van der Waals surface area contributed by atoms with Crippen molar-refractivity contribution in [1.29, 1.82) is 0 Å². The van der Waals surface area contributed by atoms with Crippen molar-refractivity contribution in [1.82, 2.24) is 4.72 Å². The lowest BCUT2D eigenvalue weighted by molar-refractivity contribution is 0.484. The van der Waals surface area contributed by atoms with Crippen molar-refractivity contribution in [2.45, 2.75) is 58.4 Å². The number of hydrogen-bond acceptors (Lipinski definition) is 2. The molecule has 4 heteroatoms. The third kappa shape index (κ3) is 4.98. The summed E-state index contributed by atoms with van der Waals surface area (Å²) in [7, 11) is -3.01. The molecule has 15 heavy (non-hydrogen) atoms. The standard InChI is InChI=1S/C11H23NO2S/c1-3-9-15(13,14)12-11-6-4-5-10(2)7-8-11/h10-12H,3-9H2,1-2H3. The van der Waals surface area contributed by atoms with Crippen LogP contribution in [0.15, 0.2) is 0 Å². The number of nitrogens with one attached hydrogen (secondary N) is 1. The average Bonchev–Trinajstić information content (AvgIpc) is 2.30. The molecule has 2 unspecified atom stereocenters. The van der Waals surface area contributed by atoms with Gasteiger partial charge in [-0.15, -0.1) is 0 Å². The van der Waals surface area contributed by atoms with E-state index >= 15 is 0 Å². The fourth-order valence-corrected chi connectivity index (χ4v) is 3.59. The molecular weight excluding hydrogens is 210 g/mol. The Hall–Kier alpha value is -0.0900. The predicted octanol–water partition coefficient (Wildman–Crippen LogP) is 2.28. The van der Waals surface area contributed by atoms with Gasteiger partial charge in [0.2, 0.25) is 10.0 Å². The van der Waals surface area contributed by atoms with Crippen molar-refractivity contribution in [2.75, 3.05) is 5.75 Å². The van der Waals surface area contributed by atoms with Crippen molar-refractivity contribution in [2.24, 2.45) is 5.92 Å². The highest BCUT2D eigenvalue weighted by Gasteiger charge is 2.20. The van der Waals surface area contributed by atoms with Crippen molar-refractivity contribution in [3.8, 4) is 0 Å². The third-order valence-corrected chi connectivity index (χ3v) is 4.71. The topological polar surface area (TPSA) is 46.2 Å². The third-order valence-electron chi connectivity index (χ3n) is 3.08. The Balaban J connectivity index is 2.44. The monoisotopic (exact) mass is 233 g/mol. The highest BCUT2D eigenvalue weighted by Crippen LogP contribution is 2.22. The summed E-state index contributed by atoms with van der Waals surface area (Å²) in [6.45, 7) is 4.15. The molecule has 2 atom stereocenters. The van der Waals surface area contributed by atoms with Crippen molar-refractivity contribution in [3.05, 3.63) is 0 Å². The smallest absolute Gasteiger partial charge is 0.211 e. The summed E-state index contributed by atoms with van der Waals surface area (Å²) < 4.78 is 26.0. The van der Waals surface area contributed by atoms with Crippen molar-refractivity contribution >= 4 is 10.0 Å². The summed E-state index contributed by atoms with van der Waals surface area (Å²) in [5, 5.41) is 0. The first-order valence-corrected chi connectivity index (χ1v) is 7.68. The van der Waals surface area contributed by atoms with Crippen LogP contribution in [0, 0.1) is 5.92 Å². The minimum Gasteiger partial charge on any atom is -0.212 e. The van der Waals surface area contributed by atoms with Gasteiger partial charge < -0.3 is 0 Å². The minimum absolute atomic E-state index is 0.187. The number of sulfonamides is 1. The lowest BCUT2D eigenvalue weighted by Crippen LogP contribution is -2.35. The van der Waals surface area contributed by atoms with Crippen LogP contribution in [0.2, 0.25) is 0 Å². The molecule has 0 heterocycles. The first-order chi connectivity index (χ1) is 7.03. The molecule has 0 bridgehead atoms. The van der Waals surface area contributed by atoms with Gasteiger partial charge in [0.15, 0.2) is 0 Å². The zero-order valence-electron chi connectivity index (χ0n) is 9.83. The molecule has 1 rings (SSSR count). The Kier molecular flexibility index (Phi) is 5.06. The minimum atomic E-state index is -3.01. The molecule has 90 valence electrons. The second-order valence-corrected chi connectivity index (χ2v) is 6.62. The average molecular weight is 233 g/mol.